The first kappa shape index (κ1) is 20.6. The zero-order valence-electron chi connectivity index (χ0n) is 10.0. The summed E-state index contributed by atoms with van der Waals surface area (Å²) >= 11 is 0. The van der Waals surface area contributed by atoms with Gasteiger partial charge in [0.1, 0.15) is 18.3 Å². The monoisotopic (exact) mass is 356 g/mol. The van der Waals surface area contributed by atoms with E-state index in [1.54, 1.807) is 0 Å². The van der Waals surface area contributed by atoms with Crippen molar-refractivity contribution in [3.8, 4) is 0 Å². The topological polar surface area (TPSA) is 232 Å². The Hall–Kier alpha value is -0.430. The lowest BCUT2D eigenvalue weighted by Crippen LogP contribution is -2.49. The second-order valence-electron chi connectivity index (χ2n) is 3.63. The fourth-order valence-corrected chi connectivity index (χ4v) is 2.52. The van der Waals surface area contributed by atoms with Crippen LogP contribution in [0, 0.1) is 0 Å². The second-order valence-corrected chi connectivity index (χ2v) is 6.38. The van der Waals surface area contributed by atoms with Crippen LogP contribution in [-0.2, 0) is 22.8 Å². The van der Waals surface area contributed by atoms with Gasteiger partial charge in [0.2, 0.25) is 0 Å². The Morgan fingerprint density at radius 3 is 1.86 bits per heavy atom. The zero-order valence-corrected chi connectivity index (χ0v) is 11.8. The van der Waals surface area contributed by atoms with Crippen molar-refractivity contribution < 1.29 is 63.0 Å². The number of hydrogen-bond acceptors (Lipinski definition) is 10. The first-order valence-electron chi connectivity index (χ1n) is 4.97. The molecule has 8 N–H and O–H groups in total. The lowest BCUT2D eigenvalue weighted by molar-refractivity contribution is -0.162. The minimum Gasteiger partial charge on any atom is -0.394 e. The zero-order chi connectivity index (χ0) is 17.0. The molecule has 0 heterocycles. The third kappa shape index (κ3) is 7.40. The van der Waals surface area contributed by atoms with E-state index < -0.39 is 52.6 Å². The molecule has 0 aromatic heterocycles. The maximum atomic E-state index is 11.1. The van der Waals surface area contributed by atoms with Gasteiger partial charge in [-0.25, -0.2) is 13.9 Å². The highest BCUT2D eigenvalue weighted by atomic mass is 31.3. The van der Waals surface area contributed by atoms with Gasteiger partial charge in [0, 0.05) is 0 Å². The maximum absolute atomic E-state index is 11.1. The van der Waals surface area contributed by atoms with Crippen molar-refractivity contribution in [2.75, 3.05) is 6.61 Å². The lowest BCUT2D eigenvalue weighted by Gasteiger charge is -2.24. The molecule has 0 spiro atoms. The Bertz CT molecular complexity index is 444. The van der Waals surface area contributed by atoms with E-state index in [0.29, 0.717) is 0 Å². The van der Waals surface area contributed by atoms with Crippen molar-refractivity contribution in [2.45, 2.75) is 24.4 Å². The molecule has 0 rings (SSSR count). The Labute approximate surface area is 116 Å². The summed E-state index contributed by atoms with van der Waals surface area (Å²) < 4.78 is 28.1. The summed E-state index contributed by atoms with van der Waals surface area (Å²) in [7, 11) is -11.1. The van der Waals surface area contributed by atoms with E-state index in [1.165, 1.54) is 0 Å². The molecule has 0 aromatic carbocycles. The third-order valence-corrected chi connectivity index (χ3v) is 4.00. The molecule has 21 heavy (non-hydrogen) atoms. The van der Waals surface area contributed by atoms with Gasteiger partial charge in [0.25, 0.3) is 0 Å². The van der Waals surface area contributed by atoms with Gasteiger partial charge in [0.15, 0.2) is 6.10 Å². The fraction of sp³-hybridized carbons (Fsp3) is 0.833. The first-order valence-corrected chi connectivity index (χ1v) is 7.99. The number of hydrogen-bond donors (Lipinski definition) is 8. The van der Waals surface area contributed by atoms with Crippen LogP contribution in [0.5, 0.6) is 0 Å². The molecule has 5 atom stereocenters. The summed E-state index contributed by atoms with van der Waals surface area (Å²) in [5.74, 6) is -2.08. The molecular weight excluding hydrogens is 342 g/mol. The normalized spacial score (nSPS) is 21.0. The third-order valence-electron chi connectivity index (χ3n) is 1.91. The summed E-state index contributed by atoms with van der Waals surface area (Å²) in [6, 6.07) is 0. The molecule has 0 aliphatic carbocycles. The van der Waals surface area contributed by atoms with Crippen molar-refractivity contribution >= 4 is 21.6 Å². The number of rotatable bonds is 8. The van der Waals surface area contributed by atoms with Gasteiger partial charge in [-0.15, -0.1) is 0 Å². The van der Waals surface area contributed by atoms with Crippen LogP contribution in [0.2, 0.25) is 0 Å². The number of carbonyl (C=O) groups is 1. The molecule has 0 aliphatic rings. The van der Waals surface area contributed by atoms with Gasteiger partial charge in [0.05, 0.1) is 6.61 Å². The average Bonchev–Trinajstić information content (AvgIpc) is 2.31. The van der Waals surface area contributed by atoms with Crippen molar-refractivity contribution in [2.24, 2.45) is 0 Å². The van der Waals surface area contributed by atoms with Gasteiger partial charge in [-0.3, -0.25) is 4.89 Å². The maximum Gasteiger partial charge on any atom is 0.538 e. The van der Waals surface area contributed by atoms with E-state index >= 15 is 0 Å². The summed E-state index contributed by atoms with van der Waals surface area (Å²) in [6.07, 6.45) is -9.29. The van der Waals surface area contributed by atoms with Crippen LogP contribution >= 0.6 is 15.6 Å². The number of phosphoric acid groups is 2. The molecule has 0 saturated heterocycles. The highest BCUT2D eigenvalue weighted by Crippen LogP contribution is 2.57. The molecule has 15 heteroatoms. The SMILES string of the molecule is O=C(OP(=O)(O)OP(=O)(O)O)[C@H](O)[C@@H](O)[C@H](O)[C@H](O)CO. The van der Waals surface area contributed by atoms with E-state index in [0.717, 1.165) is 0 Å². The molecule has 0 saturated carbocycles. The number of aliphatic hydroxyl groups is 5. The Morgan fingerprint density at radius 2 is 1.48 bits per heavy atom. The highest BCUT2D eigenvalue weighted by Gasteiger charge is 2.41. The summed E-state index contributed by atoms with van der Waals surface area (Å²) in [4.78, 5) is 36.5. The van der Waals surface area contributed by atoms with Crippen LogP contribution in [0.3, 0.4) is 0 Å². The lowest BCUT2D eigenvalue weighted by atomic mass is 10.0. The predicted octanol–water partition coefficient (Wildman–Crippen LogP) is -3.82. The van der Waals surface area contributed by atoms with Crippen LogP contribution in [0.1, 0.15) is 0 Å². The van der Waals surface area contributed by atoms with Gasteiger partial charge in [-0.05, 0) is 0 Å². The van der Waals surface area contributed by atoms with Crippen molar-refractivity contribution in [1.82, 2.24) is 0 Å². The van der Waals surface area contributed by atoms with Crippen molar-refractivity contribution in [3.63, 3.8) is 0 Å². The second kappa shape index (κ2) is 7.72. The fourth-order valence-electron chi connectivity index (χ4n) is 0.981. The number of phosphoric ester groups is 1. The van der Waals surface area contributed by atoms with Crippen LogP contribution in [0.4, 0.5) is 0 Å². The van der Waals surface area contributed by atoms with Crippen molar-refractivity contribution in [3.05, 3.63) is 0 Å². The molecule has 0 radical (unpaired) electrons. The summed E-state index contributed by atoms with van der Waals surface area (Å²) in [6.45, 7) is -1.04. The van der Waals surface area contributed by atoms with E-state index in [2.05, 4.69) is 8.83 Å². The predicted molar refractivity (Wildman–Crippen MR) is 60.2 cm³/mol. The summed E-state index contributed by atoms with van der Waals surface area (Å²) in [5, 5.41) is 45.1. The largest absolute Gasteiger partial charge is 0.538 e. The Kier molecular flexibility index (Phi) is 7.56. The average molecular weight is 356 g/mol. The van der Waals surface area contributed by atoms with E-state index in [-0.39, 0.29) is 0 Å². The van der Waals surface area contributed by atoms with Crippen LogP contribution in [-0.4, -0.2) is 77.2 Å². The minimum atomic E-state index is -5.60. The van der Waals surface area contributed by atoms with Crippen LogP contribution < -0.4 is 0 Å². The first-order chi connectivity index (χ1) is 9.30. The highest BCUT2D eigenvalue weighted by molar-refractivity contribution is 7.61. The van der Waals surface area contributed by atoms with Gasteiger partial charge in [-0.1, -0.05) is 0 Å². The molecule has 0 amide bonds. The van der Waals surface area contributed by atoms with E-state index in [9.17, 15) is 29.2 Å². The molecule has 0 aliphatic heterocycles. The minimum absolute atomic E-state index is 1.04. The molecule has 0 aromatic rings. The molecule has 0 bridgehead atoms. The van der Waals surface area contributed by atoms with E-state index in [4.69, 9.17) is 24.9 Å². The molecule has 1 unspecified atom stereocenters. The molecule has 0 fully saturated rings. The molecule has 126 valence electrons. The van der Waals surface area contributed by atoms with Gasteiger partial charge >= 0.3 is 21.6 Å². The standard InChI is InChI=1S/C6H14O13P2/c7-1-2(8)3(9)4(10)5(11)6(12)18-21(16,17)19-20(13,14)15/h2-5,7-11H,1H2,(H,16,17)(H2,13,14,15)/t2-,3-,4+,5-/m1/s1. The van der Waals surface area contributed by atoms with Gasteiger partial charge in [-0.2, -0.15) is 4.31 Å². The summed E-state index contributed by atoms with van der Waals surface area (Å²) in [5.41, 5.74) is 0. The Morgan fingerprint density at radius 1 is 1.00 bits per heavy atom. The van der Waals surface area contributed by atoms with Crippen molar-refractivity contribution in [1.29, 1.82) is 0 Å². The molecule has 13 nitrogen and oxygen atoms in total. The van der Waals surface area contributed by atoms with Gasteiger partial charge < -0.3 is 39.8 Å². The smallest absolute Gasteiger partial charge is 0.394 e. The number of aliphatic hydroxyl groups excluding tert-OH is 5. The van der Waals surface area contributed by atoms with Crippen LogP contribution in [0.15, 0.2) is 0 Å². The number of carbonyl (C=O) groups excluding carboxylic acids is 1. The molecular formula is C6H14O13P2. The quantitative estimate of drug-likeness (QED) is 0.195. The Balaban J connectivity index is 4.79. The van der Waals surface area contributed by atoms with Crippen LogP contribution in [0.25, 0.3) is 0 Å². The van der Waals surface area contributed by atoms with E-state index in [1.807, 2.05) is 0 Å².